The second-order valence-corrected chi connectivity index (χ2v) is 4.84. The van der Waals surface area contributed by atoms with Crippen LogP contribution >= 0.6 is 15.9 Å². The largest absolute Gasteiger partial charge is 0.495 e. The van der Waals surface area contributed by atoms with Gasteiger partial charge in [-0.1, -0.05) is 0 Å². The van der Waals surface area contributed by atoms with Crippen LogP contribution in [0.5, 0.6) is 5.75 Å². The van der Waals surface area contributed by atoms with Crippen molar-refractivity contribution in [1.29, 1.82) is 0 Å². The number of rotatable bonds is 2. The summed E-state index contributed by atoms with van der Waals surface area (Å²) in [5.41, 5.74) is 9.85. The minimum Gasteiger partial charge on any atom is -0.495 e. The van der Waals surface area contributed by atoms with Gasteiger partial charge in [0.2, 0.25) is 0 Å². The maximum atomic E-state index is 5.82. The monoisotopic (exact) mass is 294 g/mol. The highest BCUT2D eigenvalue weighted by Crippen LogP contribution is 2.29. The molecule has 0 aliphatic heterocycles. The van der Waals surface area contributed by atoms with Gasteiger partial charge in [-0.3, -0.25) is 0 Å². The fraction of sp³-hybridized carbons (Fsp3) is 0.231. The lowest BCUT2D eigenvalue weighted by molar-refractivity contribution is 0.417. The van der Waals surface area contributed by atoms with Crippen molar-refractivity contribution >= 4 is 21.6 Å². The fourth-order valence-electron chi connectivity index (χ4n) is 1.96. The molecule has 0 atom stereocenters. The van der Waals surface area contributed by atoms with Gasteiger partial charge in [-0.05, 0) is 48.0 Å². The number of methoxy groups -OCH3 is 1. The lowest BCUT2D eigenvalue weighted by Crippen LogP contribution is -2.00. The molecule has 2 aromatic rings. The molecule has 4 heteroatoms. The van der Waals surface area contributed by atoms with E-state index in [0.29, 0.717) is 11.4 Å². The van der Waals surface area contributed by atoms with Crippen LogP contribution < -0.4 is 10.5 Å². The van der Waals surface area contributed by atoms with Crippen molar-refractivity contribution in [2.24, 2.45) is 0 Å². The molecule has 0 amide bonds. The zero-order valence-corrected chi connectivity index (χ0v) is 11.7. The number of ether oxygens (including phenoxy) is 1. The quantitative estimate of drug-likeness (QED) is 0.862. The van der Waals surface area contributed by atoms with E-state index in [2.05, 4.69) is 40.4 Å². The molecule has 0 radical (unpaired) electrons. The van der Waals surface area contributed by atoms with E-state index >= 15 is 0 Å². The number of aryl methyl sites for hydroxylation is 1. The summed E-state index contributed by atoms with van der Waals surface area (Å²) in [6.45, 7) is 4.14. The first-order valence-electron chi connectivity index (χ1n) is 5.33. The summed E-state index contributed by atoms with van der Waals surface area (Å²) >= 11 is 3.54. The van der Waals surface area contributed by atoms with E-state index in [-0.39, 0.29) is 0 Å². The summed E-state index contributed by atoms with van der Waals surface area (Å²) in [5, 5.41) is 0. The van der Waals surface area contributed by atoms with Gasteiger partial charge in [-0.15, -0.1) is 0 Å². The Morgan fingerprint density at radius 1 is 1.24 bits per heavy atom. The molecule has 0 aliphatic rings. The molecular weight excluding hydrogens is 280 g/mol. The second-order valence-electron chi connectivity index (χ2n) is 3.98. The Balaban J connectivity index is 2.60. The molecule has 0 bridgehead atoms. The SMILES string of the molecule is COc1cc(-n2c(C)cc(Br)c2C)ccc1N. The second kappa shape index (κ2) is 4.45. The Morgan fingerprint density at radius 3 is 2.47 bits per heavy atom. The Labute approximate surface area is 109 Å². The maximum Gasteiger partial charge on any atom is 0.143 e. The van der Waals surface area contributed by atoms with E-state index in [0.717, 1.165) is 15.9 Å². The van der Waals surface area contributed by atoms with Crippen LogP contribution in [0.1, 0.15) is 11.4 Å². The number of hydrogen-bond acceptors (Lipinski definition) is 2. The molecule has 1 aromatic heterocycles. The van der Waals surface area contributed by atoms with Crippen molar-refractivity contribution in [2.45, 2.75) is 13.8 Å². The molecule has 0 aliphatic carbocycles. The van der Waals surface area contributed by atoms with Gasteiger partial charge in [0.15, 0.2) is 0 Å². The molecule has 2 rings (SSSR count). The van der Waals surface area contributed by atoms with Crippen molar-refractivity contribution < 1.29 is 4.74 Å². The third-order valence-corrected chi connectivity index (χ3v) is 3.65. The Hall–Kier alpha value is -1.42. The fourth-order valence-corrected chi connectivity index (χ4v) is 2.47. The smallest absolute Gasteiger partial charge is 0.143 e. The Bertz CT molecular complexity index is 561. The first-order valence-corrected chi connectivity index (χ1v) is 6.12. The molecular formula is C13H15BrN2O. The van der Waals surface area contributed by atoms with Crippen LogP contribution in [-0.2, 0) is 0 Å². The van der Waals surface area contributed by atoms with Crippen molar-refractivity contribution in [3.8, 4) is 11.4 Å². The van der Waals surface area contributed by atoms with Crippen LogP contribution in [0, 0.1) is 13.8 Å². The van der Waals surface area contributed by atoms with Crippen LogP contribution in [0.2, 0.25) is 0 Å². The van der Waals surface area contributed by atoms with E-state index in [9.17, 15) is 0 Å². The van der Waals surface area contributed by atoms with Crippen LogP contribution in [0.25, 0.3) is 5.69 Å². The van der Waals surface area contributed by atoms with Gasteiger partial charge in [-0.25, -0.2) is 0 Å². The van der Waals surface area contributed by atoms with E-state index in [1.165, 1.54) is 5.69 Å². The summed E-state index contributed by atoms with van der Waals surface area (Å²) < 4.78 is 8.50. The Morgan fingerprint density at radius 2 is 1.94 bits per heavy atom. The van der Waals surface area contributed by atoms with Crippen molar-refractivity contribution in [3.63, 3.8) is 0 Å². The van der Waals surface area contributed by atoms with Crippen LogP contribution in [-0.4, -0.2) is 11.7 Å². The molecule has 3 nitrogen and oxygen atoms in total. The molecule has 0 fully saturated rings. The van der Waals surface area contributed by atoms with Gasteiger partial charge in [-0.2, -0.15) is 0 Å². The number of nitrogen functional groups attached to an aromatic ring is 1. The third-order valence-electron chi connectivity index (χ3n) is 2.84. The highest BCUT2D eigenvalue weighted by atomic mass is 79.9. The van der Waals surface area contributed by atoms with E-state index < -0.39 is 0 Å². The number of nitrogens with zero attached hydrogens (tertiary/aromatic N) is 1. The summed E-state index contributed by atoms with van der Waals surface area (Å²) in [4.78, 5) is 0. The zero-order valence-electron chi connectivity index (χ0n) is 10.1. The number of benzene rings is 1. The average molecular weight is 295 g/mol. The van der Waals surface area contributed by atoms with Crippen LogP contribution in [0.3, 0.4) is 0 Å². The minimum absolute atomic E-state index is 0.651. The average Bonchev–Trinajstić information content (AvgIpc) is 2.55. The molecule has 0 unspecified atom stereocenters. The maximum absolute atomic E-state index is 5.82. The van der Waals surface area contributed by atoms with E-state index in [4.69, 9.17) is 10.5 Å². The molecule has 0 saturated carbocycles. The molecule has 1 heterocycles. The van der Waals surface area contributed by atoms with Crippen molar-refractivity contribution in [1.82, 2.24) is 4.57 Å². The molecule has 17 heavy (non-hydrogen) atoms. The van der Waals surface area contributed by atoms with Gasteiger partial charge in [0, 0.05) is 27.6 Å². The standard InChI is InChI=1S/C13H15BrN2O/c1-8-6-11(14)9(2)16(8)10-4-5-12(15)13(7-10)17-3/h4-7H,15H2,1-3H3. The minimum atomic E-state index is 0.651. The number of halogens is 1. The number of aromatic nitrogens is 1. The molecule has 0 spiro atoms. The number of hydrogen-bond donors (Lipinski definition) is 1. The summed E-state index contributed by atoms with van der Waals surface area (Å²) in [6.07, 6.45) is 0. The van der Waals surface area contributed by atoms with E-state index in [1.54, 1.807) is 7.11 Å². The summed E-state index contributed by atoms with van der Waals surface area (Å²) in [5.74, 6) is 0.700. The predicted molar refractivity (Wildman–Crippen MR) is 73.9 cm³/mol. The zero-order chi connectivity index (χ0) is 12.6. The van der Waals surface area contributed by atoms with Gasteiger partial charge in [0.05, 0.1) is 12.8 Å². The first kappa shape index (κ1) is 12.0. The third kappa shape index (κ3) is 2.05. The first-order chi connectivity index (χ1) is 8.04. The van der Waals surface area contributed by atoms with Gasteiger partial charge in [0.25, 0.3) is 0 Å². The van der Waals surface area contributed by atoms with Gasteiger partial charge < -0.3 is 15.0 Å². The lowest BCUT2D eigenvalue weighted by Gasteiger charge is -2.12. The topological polar surface area (TPSA) is 40.2 Å². The van der Waals surface area contributed by atoms with Gasteiger partial charge in [0.1, 0.15) is 5.75 Å². The lowest BCUT2D eigenvalue weighted by atomic mass is 10.2. The summed E-state index contributed by atoms with van der Waals surface area (Å²) in [6, 6.07) is 7.89. The van der Waals surface area contributed by atoms with E-state index in [1.807, 2.05) is 18.2 Å². The van der Waals surface area contributed by atoms with Gasteiger partial charge >= 0.3 is 0 Å². The van der Waals surface area contributed by atoms with Crippen molar-refractivity contribution in [3.05, 3.63) is 40.1 Å². The Kier molecular flexibility index (Phi) is 3.15. The number of nitrogens with two attached hydrogens (primary N) is 1. The summed E-state index contributed by atoms with van der Waals surface area (Å²) in [7, 11) is 1.63. The highest BCUT2D eigenvalue weighted by Gasteiger charge is 2.10. The van der Waals surface area contributed by atoms with Crippen LogP contribution in [0.15, 0.2) is 28.7 Å². The number of anilines is 1. The molecule has 1 aromatic carbocycles. The van der Waals surface area contributed by atoms with Crippen molar-refractivity contribution in [2.75, 3.05) is 12.8 Å². The highest BCUT2D eigenvalue weighted by molar-refractivity contribution is 9.10. The van der Waals surface area contributed by atoms with Crippen LogP contribution in [0.4, 0.5) is 5.69 Å². The predicted octanol–water partition coefficient (Wildman–Crippen LogP) is 3.45. The molecule has 0 saturated heterocycles. The molecule has 90 valence electrons. The normalized spacial score (nSPS) is 10.6. The molecule has 2 N–H and O–H groups in total.